The smallest absolute Gasteiger partial charge is 0.123 e. The molecule has 0 spiro atoms. The van der Waals surface area contributed by atoms with Crippen LogP contribution in [0.3, 0.4) is 0 Å². The summed E-state index contributed by atoms with van der Waals surface area (Å²) in [4.78, 5) is 7.51. The first-order valence-corrected chi connectivity index (χ1v) is 6.53. The first-order valence-electron chi connectivity index (χ1n) is 6.53. The van der Waals surface area contributed by atoms with Gasteiger partial charge in [0.05, 0.1) is 6.04 Å². The van der Waals surface area contributed by atoms with Crippen molar-refractivity contribution in [2.45, 2.75) is 65.0 Å². The van der Waals surface area contributed by atoms with Gasteiger partial charge in [-0.25, -0.2) is 4.98 Å². The van der Waals surface area contributed by atoms with Gasteiger partial charge in [0, 0.05) is 18.4 Å². The number of unbranched alkanes of at least 4 members (excludes halogenated alkanes) is 2. The lowest BCUT2D eigenvalue weighted by Crippen LogP contribution is -2.30. The van der Waals surface area contributed by atoms with Crippen LogP contribution in [0.1, 0.15) is 64.7 Å². The van der Waals surface area contributed by atoms with Crippen molar-refractivity contribution in [3.8, 4) is 0 Å². The van der Waals surface area contributed by atoms with Gasteiger partial charge < -0.3 is 10.3 Å². The van der Waals surface area contributed by atoms with Gasteiger partial charge in [-0.1, -0.05) is 33.1 Å². The van der Waals surface area contributed by atoms with Crippen molar-refractivity contribution in [1.82, 2.24) is 15.3 Å². The fourth-order valence-corrected chi connectivity index (χ4v) is 1.99. The van der Waals surface area contributed by atoms with Crippen LogP contribution in [0.25, 0.3) is 0 Å². The molecule has 2 N–H and O–H groups in total. The van der Waals surface area contributed by atoms with Crippen molar-refractivity contribution >= 4 is 0 Å². The summed E-state index contributed by atoms with van der Waals surface area (Å²) in [6, 6.07) is 0.938. The summed E-state index contributed by atoms with van der Waals surface area (Å²) in [5, 5.41) is 3.63. The maximum Gasteiger partial charge on any atom is 0.123 e. The normalized spacial score (nSPS) is 14.9. The molecule has 2 unspecified atom stereocenters. The zero-order valence-electron chi connectivity index (χ0n) is 10.8. The highest BCUT2D eigenvalue weighted by Crippen LogP contribution is 2.14. The second kappa shape index (κ2) is 7.44. The summed E-state index contributed by atoms with van der Waals surface area (Å²) < 4.78 is 0. The number of aromatic nitrogens is 2. The molecule has 0 bridgehead atoms. The van der Waals surface area contributed by atoms with Gasteiger partial charge in [-0.15, -0.1) is 0 Å². The molecular weight excluding hydrogens is 198 g/mol. The minimum atomic E-state index is 0.367. The Balaban J connectivity index is 2.33. The van der Waals surface area contributed by atoms with Crippen LogP contribution in [0.5, 0.6) is 0 Å². The van der Waals surface area contributed by atoms with Crippen LogP contribution in [-0.4, -0.2) is 16.0 Å². The fraction of sp³-hybridized carbons (Fsp3) is 0.769. The Bertz CT molecular complexity index is 256. The number of hydrogen-bond acceptors (Lipinski definition) is 2. The number of nitrogens with one attached hydrogen (secondary N) is 2. The Morgan fingerprint density at radius 2 is 2.19 bits per heavy atom. The van der Waals surface area contributed by atoms with Gasteiger partial charge in [-0.05, 0) is 19.8 Å². The molecule has 0 aliphatic rings. The van der Waals surface area contributed by atoms with Crippen LogP contribution in [0, 0.1) is 0 Å². The van der Waals surface area contributed by atoms with Gasteiger partial charge in [0.1, 0.15) is 5.82 Å². The Hall–Kier alpha value is -0.830. The van der Waals surface area contributed by atoms with Crippen molar-refractivity contribution < 1.29 is 0 Å². The van der Waals surface area contributed by atoms with Gasteiger partial charge in [0.25, 0.3) is 0 Å². The third-order valence-electron chi connectivity index (χ3n) is 2.98. The topological polar surface area (TPSA) is 40.7 Å². The van der Waals surface area contributed by atoms with Crippen LogP contribution >= 0.6 is 0 Å². The molecule has 3 nitrogen and oxygen atoms in total. The maximum atomic E-state index is 4.32. The first kappa shape index (κ1) is 13.2. The molecule has 16 heavy (non-hydrogen) atoms. The van der Waals surface area contributed by atoms with E-state index < -0.39 is 0 Å². The van der Waals surface area contributed by atoms with Crippen LogP contribution in [0.2, 0.25) is 0 Å². The van der Waals surface area contributed by atoms with Gasteiger partial charge in [0.2, 0.25) is 0 Å². The zero-order chi connectivity index (χ0) is 11.8. The van der Waals surface area contributed by atoms with E-state index in [2.05, 4.69) is 36.1 Å². The second-order valence-corrected chi connectivity index (χ2v) is 4.50. The second-order valence-electron chi connectivity index (χ2n) is 4.50. The summed E-state index contributed by atoms with van der Waals surface area (Å²) >= 11 is 0. The number of rotatable bonds is 8. The van der Waals surface area contributed by atoms with E-state index in [1.165, 1.54) is 25.7 Å². The first-order chi connectivity index (χ1) is 7.77. The molecule has 0 saturated carbocycles. The van der Waals surface area contributed by atoms with Crippen LogP contribution in [0.15, 0.2) is 12.4 Å². The van der Waals surface area contributed by atoms with Crippen molar-refractivity contribution in [1.29, 1.82) is 0 Å². The lowest BCUT2D eigenvalue weighted by Gasteiger charge is -2.20. The molecule has 92 valence electrons. The van der Waals surface area contributed by atoms with Gasteiger partial charge in [-0.2, -0.15) is 0 Å². The predicted octanol–water partition coefficient (Wildman–Crippen LogP) is 3.42. The van der Waals surface area contributed by atoms with E-state index >= 15 is 0 Å². The Morgan fingerprint density at radius 1 is 1.38 bits per heavy atom. The molecular formula is C13H25N3. The molecule has 0 fully saturated rings. The predicted molar refractivity (Wildman–Crippen MR) is 68.4 cm³/mol. The molecule has 0 aliphatic heterocycles. The average molecular weight is 223 g/mol. The molecule has 0 saturated heterocycles. The molecule has 1 aromatic heterocycles. The lowest BCUT2D eigenvalue weighted by molar-refractivity contribution is 0.405. The monoisotopic (exact) mass is 223 g/mol. The third-order valence-corrected chi connectivity index (χ3v) is 2.98. The Kier molecular flexibility index (Phi) is 6.16. The van der Waals surface area contributed by atoms with Crippen LogP contribution < -0.4 is 5.32 Å². The highest BCUT2D eigenvalue weighted by molar-refractivity contribution is 4.95. The molecule has 2 atom stereocenters. The highest BCUT2D eigenvalue weighted by Gasteiger charge is 2.13. The van der Waals surface area contributed by atoms with E-state index in [1.807, 2.05) is 12.4 Å². The Labute approximate surface area is 99.1 Å². The van der Waals surface area contributed by atoms with Crippen molar-refractivity contribution in [3.05, 3.63) is 18.2 Å². The molecule has 0 amide bonds. The highest BCUT2D eigenvalue weighted by atomic mass is 15.0. The molecule has 3 heteroatoms. The quantitative estimate of drug-likeness (QED) is 0.663. The molecule has 0 aromatic carbocycles. The summed E-state index contributed by atoms with van der Waals surface area (Å²) in [6.07, 6.45) is 9.99. The van der Waals surface area contributed by atoms with E-state index in [-0.39, 0.29) is 0 Å². The third kappa shape index (κ3) is 4.35. The number of nitrogens with zero attached hydrogens (tertiary/aromatic N) is 1. The number of H-pyrrole nitrogens is 1. The van der Waals surface area contributed by atoms with Crippen LogP contribution in [-0.2, 0) is 0 Å². The lowest BCUT2D eigenvalue weighted by atomic mass is 10.1. The molecule has 1 aromatic rings. The molecule has 0 aliphatic carbocycles. The standard InChI is InChI=1S/C13H25N3/c1-4-6-7-8-11(3)16-12(5-2)13-14-9-10-15-13/h9-12,16H,4-8H2,1-3H3,(H,14,15). The summed E-state index contributed by atoms with van der Waals surface area (Å²) in [5.74, 6) is 1.06. The van der Waals surface area contributed by atoms with Gasteiger partial charge >= 0.3 is 0 Å². The summed E-state index contributed by atoms with van der Waals surface area (Å²) in [6.45, 7) is 6.70. The van der Waals surface area contributed by atoms with E-state index in [0.29, 0.717) is 12.1 Å². The fourth-order valence-electron chi connectivity index (χ4n) is 1.99. The van der Waals surface area contributed by atoms with Gasteiger partial charge in [0.15, 0.2) is 0 Å². The largest absolute Gasteiger partial charge is 0.347 e. The van der Waals surface area contributed by atoms with Crippen LogP contribution in [0.4, 0.5) is 0 Å². The molecule has 1 heterocycles. The van der Waals surface area contributed by atoms with Crippen molar-refractivity contribution in [2.75, 3.05) is 0 Å². The van der Waals surface area contributed by atoms with Crippen molar-refractivity contribution in [3.63, 3.8) is 0 Å². The zero-order valence-corrected chi connectivity index (χ0v) is 10.8. The minimum absolute atomic E-state index is 0.367. The van der Waals surface area contributed by atoms with E-state index in [9.17, 15) is 0 Å². The number of imidazole rings is 1. The van der Waals surface area contributed by atoms with E-state index in [1.54, 1.807) is 0 Å². The van der Waals surface area contributed by atoms with E-state index in [4.69, 9.17) is 0 Å². The van der Waals surface area contributed by atoms with Gasteiger partial charge in [-0.3, -0.25) is 0 Å². The number of hydrogen-bond donors (Lipinski definition) is 2. The SMILES string of the molecule is CCCCCC(C)NC(CC)c1ncc[nH]1. The summed E-state index contributed by atoms with van der Waals surface area (Å²) in [7, 11) is 0. The molecule has 0 radical (unpaired) electrons. The van der Waals surface area contributed by atoms with Crippen molar-refractivity contribution in [2.24, 2.45) is 0 Å². The maximum absolute atomic E-state index is 4.32. The summed E-state index contributed by atoms with van der Waals surface area (Å²) in [5.41, 5.74) is 0. The van der Waals surface area contributed by atoms with E-state index in [0.717, 1.165) is 12.2 Å². The Morgan fingerprint density at radius 3 is 2.75 bits per heavy atom. The average Bonchev–Trinajstić information content (AvgIpc) is 2.79. The minimum Gasteiger partial charge on any atom is -0.347 e. The number of aromatic amines is 1. The molecule has 1 rings (SSSR count).